The zero-order valence-corrected chi connectivity index (χ0v) is 13.5. The summed E-state index contributed by atoms with van der Waals surface area (Å²) in [5.74, 6) is 1.54. The molecule has 0 aliphatic carbocycles. The zero-order valence-electron chi connectivity index (χ0n) is 13.5. The third kappa shape index (κ3) is 3.31. The van der Waals surface area contributed by atoms with Gasteiger partial charge in [-0.05, 0) is 23.6 Å². The van der Waals surface area contributed by atoms with E-state index in [-0.39, 0.29) is 5.91 Å². The highest BCUT2D eigenvalue weighted by Crippen LogP contribution is 2.26. The standard InChI is InChI=1S/C19H21NO3/c1-22-17-8-7-15(18(12-17)23-2)11-19(21)20-10-9-14-5-3-4-6-16(14)13-20/h3-8,12H,9-11,13H2,1-2H3. The van der Waals surface area contributed by atoms with Crippen LogP contribution in [0.15, 0.2) is 42.5 Å². The van der Waals surface area contributed by atoms with Crippen LogP contribution >= 0.6 is 0 Å². The van der Waals surface area contributed by atoms with Crippen molar-refractivity contribution in [3.63, 3.8) is 0 Å². The first-order valence-corrected chi connectivity index (χ1v) is 7.76. The van der Waals surface area contributed by atoms with E-state index in [4.69, 9.17) is 9.47 Å². The fourth-order valence-electron chi connectivity index (χ4n) is 2.98. The molecule has 0 fully saturated rings. The normalized spacial score (nSPS) is 13.4. The Morgan fingerprint density at radius 2 is 1.87 bits per heavy atom. The molecule has 4 nitrogen and oxygen atoms in total. The summed E-state index contributed by atoms with van der Waals surface area (Å²) in [6.45, 7) is 1.46. The smallest absolute Gasteiger partial charge is 0.227 e. The molecule has 1 heterocycles. The summed E-state index contributed by atoms with van der Waals surface area (Å²) in [4.78, 5) is 14.6. The van der Waals surface area contributed by atoms with Crippen LogP contribution in [0.25, 0.3) is 0 Å². The van der Waals surface area contributed by atoms with E-state index in [1.165, 1.54) is 11.1 Å². The van der Waals surface area contributed by atoms with Gasteiger partial charge in [0.1, 0.15) is 11.5 Å². The van der Waals surface area contributed by atoms with Crippen molar-refractivity contribution >= 4 is 5.91 Å². The monoisotopic (exact) mass is 311 g/mol. The lowest BCUT2D eigenvalue weighted by molar-refractivity contribution is -0.131. The summed E-state index contributed by atoms with van der Waals surface area (Å²) in [7, 11) is 3.23. The average Bonchev–Trinajstić information content (AvgIpc) is 2.61. The van der Waals surface area contributed by atoms with E-state index in [0.29, 0.717) is 18.7 Å². The van der Waals surface area contributed by atoms with E-state index in [0.717, 1.165) is 24.3 Å². The number of rotatable bonds is 4. The molecule has 0 aromatic heterocycles. The molecule has 2 aromatic rings. The van der Waals surface area contributed by atoms with Crippen LogP contribution < -0.4 is 9.47 Å². The van der Waals surface area contributed by atoms with Gasteiger partial charge in [-0.2, -0.15) is 0 Å². The van der Waals surface area contributed by atoms with Crippen LogP contribution in [0.4, 0.5) is 0 Å². The summed E-state index contributed by atoms with van der Waals surface area (Å²) in [6.07, 6.45) is 1.26. The quantitative estimate of drug-likeness (QED) is 0.871. The number of amides is 1. The number of carbonyl (C=O) groups excluding carboxylic acids is 1. The van der Waals surface area contributed by atoms with Gasteiger partial charge >= 0.3 is 0 Å². The van der Waals surface area contributed by atoms with E-state index in [1.807, 2.05) is 29.2 Å². The highest BCUT2D eigenvalue weighted by atomic mass is 16.5. The number of ether oxygens (including phenoxy) is 2. The number of hydrogen-bond donors (Lipinski definition) is 0. The molecule has 0 unspecified atom stereocenters. The second kappa shape index (κ2) is 6.73. The lowest BCUT2D eigenvalue weighted by atomic mass is 9.99. The van der Waals surface area contributed by atoms with Crippen molar-refractivity contribution in [2.45, 2.75) is 19.4 Å². The van der Waals surface area contributed by atoms with Crippen molar-refractivity contribution in [2.24, 2.45) is 0 Å². The largest absolute Gasteiger partial charge is 0.497 e. The van der Waals surface area contributed by atoms with Crippen LogP contribution in [-0.2, 0) is 24.2 Å². The van der Waals surface area contributed by atoms with Gasteiger partial charge in [-0.15, -0.1) is 0 Å². The Kier molecular flexibility index (Phi) is 4.51. The molecule has 0 saturated carbocycles. The number of hydrogen-bond acceptors (Lipinski definition) is 3. The van der Waals surface area contributed by atoms with Crippen molar-refractivity contribution in [3.8, 4) is 11.5 Å². The van der Waals surface area contributed by atoms with Crippen molar-refractivity contribution in [1.82, 2.24) is 4.90 Å². The molecular weight excluding hydrogens is 290 g/mol. The number of benzene rings is 2. The molecule has 23 heavy (non-hydrogen) atoms. The van der Waals surface area contributed by atoms with Crippen LogP contribution in [0, 0.1) is 0 Å². The molecule has 1 aliphatic heterocycles. The second-order valence-electron chi connectivity index (χ2n) is 5.69. The first kappa shape index (κ1) is 15.4. The molecular formula is C19H21NO3. The van der Waals surface area contributed by atoms with Crippen molar-refractivity contribution in [3.05, 3.63) is 59.2 Å². The van der Waals surface area contributed by atoms with Gasteiger partial charge in [0.25, 0.3) is 0 Å². The van der Waals surface area contributed by atoms with Crippen LogP contribution in [0.5, 0.6) is 11.5 Å². The number of methoxy groups -OCH3 is 2. The summed E-state index contributed by atoms with van der Waals surface area (Å²) < 4.78 is 10.6. The molecule has 3 rings (SSSR count). The van der Waals surface area contributed by atoms with Crippen LogP contribution in [0.3, 0.4) is 0 Å². The minimum Gasteiger partial charge on any atom is -0.497 e. The summed E-state index contributed by atoms with van der Waals surface area (Å²) in [5, 5.41) is 0. The van der Waals surface area contributed by atoms with Crippen LogP contribution in [0.1, 0.15) is 16.7 Å². The predicted octanol–water partition coefficient (Wildman–Crippen LogP) is 2.83. The van der Waals surface area contributed by atoms with E-state index >= 15 is 0 Å². The van der Waals surface area contributed by atoms with E-state index < -0.39 is 0 Å². The molecule has 0 radical (unpaired) electrons. The third-order valence-electron chi connectivity index (χ3n) is 4.32. The number of fused-ring (bicyclic) bond motifs is 1. The molecule has 1 amide bonds. The molecule has 0 spiro atoms. The van der Waals surface area contributed by atoms with E-state index in [1.54, 1.807) is 14.2 Å². The molecule has 0 N–H and O–H groups in total. The molecule has 0 atom stereocenters. The summed E-state index contributed by atoms with van der Waals surface area (Å²) >= 11 is 0. The minimum absolute atomic E-state index is 0.128. The van der Waals surface area contributed by atoms with Crippen molar-refractivity contribution < 1.29 is 14.3 Å². The van der Waals surface area contributed by atoms with Crippen molar-refractivity contribution in [1.29, 1.82) is 0 Å². The zero-order chi connectivity index (χ0) is 16.2. The van der Waals surface area contributed by atoms with Gasteiger partial charge in [0.2, 0.25) is 5.91 Å². The first-order chi connectivity index (χ1) is 11.2. The maximum Gasteiger partial charge on any atom is 0.227 e. The molecule has 2 aromatic carbocycles. The first-order valence-electron chi connectivity index (χ1n) is 7.76. The highest BCUT2D eigenvalue weighted by Gasteiger charge is 2.21. The predicted molar refractivity (Wildman–Crippen MR) is 88.8 cm³/mol. The van der Waals surface area contributed by atoms with Gasteiger partial charge in [-0.3, -0.25) is 4.79 Å². The Balaban J connectivity index is 1.73. The fraction of sp³-hybridized carbons (Fsp3) is 0.316. The number of nitrogens with zero attached hydrogens (tertiary/aromatic N) is 1. The van der Waals surface area contributed by atoms with Gasteiger partial charge in [0.15, 0.2) is 0 Å². The van der Waals surface area contributed by atoms with E-state index in [9.17, 15) is 4.79 Å². The fourth-order valence-corrected chi connectivity index (χ4v) is 2.98. The Morgan fingerprint density at radius 1 is 1.09 bits per heavy atom. The maximum atomic E-state index is 12.6. The molecule has 0 saturated heterocycles. The second-order valence-corrected chi connectivity index (χ2v) is 5.69. The van der Waals surface area contributed by atoms with Crippen molar-refractivity contribution in [2.75, 3.05) is 20.8 Å². The van der Waals surface area contributed by atoms with Crippen LogP contribution in [0.2, 0.25) is 0 Å². The highest BCUT2D eigenvalue weighted by molar-refractivity contribution is 5.80. The molecule has 120 valence electrons. The minimum atomic E-state index is 0.128. The Hall–Kier alpha value is -2.49. The topological polar surface area (TPSA) is 38.8 Å². The lowest BCUT2D eigenvalue weighted by Crippen LogP contribution is -2.36. The SMILES string of the molecule is COc1ccc(CC(=O)N2CCc3ccccc3C2)c(OC)c1. The van der Waals surface area contributed by atoms with Gasteiger partial charge in [0.05, 0.1) is 20.6 Å². The van der Waals surface area contributed by atoms with Gasteiger partial charge in [-0.1, -0.05) is 30.3 Å². The Bertz CT molecular complexity index is 712. The molecule has 0 bridgehead atoms. The molecule has 1 aliphatic rings. The molecule has 4 heteroatoms. The van der Waals surface area contributed by atoms with E-state index in [2.05, 4.69) is 18.2 Å². The van der Waals surface area contributed by atoms with Gasteiger partial charge in [0, 0.05) is 24.7 Å². The van der Waals surface area contributed by atoms with Gasteiger partial charge in [-0.25, -0.2) is 0 Å². The van der Waals surface area contributed by atoms with Gasteiger partial charge < -0.3 is 14.4 Å². The Morgan fingerprint density at radius 3 is 2.61 bits per heavy atom. The average molecular weight is 311 g/mol. The summed E-state index contributed by atoms with van der Waals surface area (Å²) in [6, 6.07) is 13.9. The lowest BCUT2D eigenvalue weighted by Gasteiger charge is -2.29. The maximum absolute atomic E-state index is 12.6. The van der Waals surface area contributed by atoms with Crippen LogP contribution in [-0.4, -0.2) is 31.6 Å². The Labute approximate surface area is 136 Å². The number of carbonyl (C=O) groups is 1. The summed E-state index contributed by atoms with van der Waals surface area (Å²) in [5.41, 5.74) is 3.48. The third-order valence-corrected chi connectivity index (χ3v) is 4.32.